The molecule has 0 saturated carbocycles. The molecule has 0 saturated heterocycles. The Labute approximate surface area is 108 Å². The van der Waals surface area contributed by atoms with Crippen LogP contribution >= 0.6 is 0 Å². The highest BCUT2D eigenvalue weighted by Gasteiger charge is 2.07. The highest BCUT2D eigenvalue weighted by molar-refractivity contribution is 5.53. The molecule has 0 aliphatic carbocycles. The fourth-order valence-corrected chi connectivity index (χ4v) is 1.77. The summed E-state index contributed by atoms with van der Waals surface area (Å²) in [5.41, 5.74) is 1.00. The Morgan fingerprint density at radius 1 is 1.11 bits per heavy atom. The van der Waals surface area contributed by atoms with E-state index in [1.165, 1.54) is 0 Å². The lowest BCUT2D eigenvalue weighted by Crippen LogP contribution is -2.12. The van der Waals surface area contributed by atoms with Gasteiger partial charge in [0.25, 0.3) is 0 Å². The van der Waals surface area contributed by atoms with Gasteiger partial charge < -0.3 is 9.42 Å². The van der Waals surface area contributed by atoms with E-state index >= 15 is 0 Å². The summed E-state index contributed by atoms with van der Waals surface area (Å²) in [5.74, 6) is 1.41. The molecule has 4 heteroatoms. The predicted octanol–water partition coefficient (Wildman–Crippen LogP) is 2.62. The van der Waals surface area contributed by atoms with E-state index in [9.17, 15) is 0 Å². The zero-order valence-corrected chi connectivity index (χ0v) is 11.0. The molecule has 4 nitrogen and oxygen atoms in total. The number of hydrogen-bond acceptors (Lipinski definition) is 4. The first-order valence-electron chi connectivity index (χ1n) is 6.28. The van der Waals surface area contributed by atoms with E-state index in [4.69, 9.17) is 4.52 Å². The lowest BCUT2D eigenvalue weighted by atomic mass is 10.2. The summed E-state index contributed by atoms with van der Waals surface area (Å²) < 4.78 is 5.25. The van der Waals surface area contributed by atoms with E-state index in [1.54, 1.807) is 0 Å². The molecule has 0 bridgehead atoms. The number of nitrogens with zero attached hydrogens (tertiary/aromatic N) is 3. The Bertz CT molecular complexity index is 465. The minimum Gasteiger partial charge on any atom is -0.339 e. The number of hydrogen-bond donors (Lipinski definition) is 0. The average molecular weight is 245 g/mol. The van der Waals surface area contributed by atoms with Gasteiger partial charge in [-0.05, 0) is 33.5 Å². The number of unbranched alkanes of at least 4 members (excludes halogenated alkanes) is 1. The van der Waals surface area contributed by atoms with Crippen molar-refractivity contribution in [2.24, 2.45) is 0 Å². The van der Waals surface area contributed by atoms with Gasteiger partial charge in [0.05, 0.1) is 0 Å². The molecule has 2 rings (SSSR count). The van der Waals surface area contributed by atoms with Gasteiger partial charge in [0, 0.05) is 12.0 Å². The third kappa shape index (κ3) is 3.67. The SMILES string of the molecule is CN(C)CCCCc1nc(-c2ccccc2)no1. The van der Waals surface area contributed by atoms with Gasteiger partial charge in [0.2, 0.25) is 11.7 Å². The van der Waals surface area contributed by atoms with Crippen molar-refractivity contribution < 1.29 is 4.52 Å². The third-order valence-corrected chi connectivity index (χ3v) is 2.75. The van der Waals surface area contributed by atoms with Crippen molar-refractivity contribution in [3.05, 3.63) is 36.2 Å². The van der Waals surface area contributed by atoms with Gasteiger partial charge >= 0.3 is 0 Å². The summed E-state index contributed by atoms with van der Waals surface area (Å²) in [6, 6.07) is 9.90. The molecule has 2 aromatic rings. The van der Waals surface area contributed by atoms with Crippen LogP contribution in [-0.4, -0.2) is 35.7 Å². The van der Waals surface area contributed by atoms with Gasteiger partial charge in [-0.15, -0.1) is 0 Å². The summed E-state index contributed by atoms with van der Waals surface area (Å²) in [5, 5.41) is 4.00. The Balaban J connectivity index is 1.87. The van der Waals surface area contributed by atoms with Crippen LogP contribution in [0.5, 0.6) is 0 Å². The smallest absolute Gasteiger partial charge is 0.226 e. The highest BCUT2D eigenvalue weighted by atomic mass is 16.5. The molecule has 1 heterocycles. The Kier molecular flexibility index (Phi) is 4.47. The van der Waals surface area contributed by atoms with Crippen LogP contribution in [0.15, 0.2) is 34.9 Å². The first-order valence-corrected chi connectivity index (χ1v) is 6.28. The zero-order valence-electron chi connectivity index (χ0n) is 11.0. The van der Waals surface area contributed by atoms with E-state index in [0.29, 0.717) is 5.82 Å². The molecule has 18 heavy (non-hydrogen) atoms. The molecule has 0 N–H and O–H groups in total. The average Bonchev–Trinajstić information content (AvgIpc) is 2.84. The highest BCUT2D eigenvalue weighted by Crippen LogP contribution is 2.15. The zero-order chi connectivity index (χ0) is 12.8. The van der Waals surface area contributed by atoms with Crippen LogP contribution in [0.2, 0.25) is 0 Å². The van der Waals surface area contributed by atoms with Gasteiger partial charge in [-0.3, -0.25) is 0 Å². The predicted molar refractivity (Wildman–Crippen MR) is 71.2 cm³/mol. The second-order valence-electron chi connectivity index (χ2n) is 4.64. The molecule has 0 spiro atoms. The minimum atomic E-state index is 0.679. The maximum absolute atomic E-state index is 5.25. The normalized spacial score (nSPS) is 11.1. The van der Waals surface area contributed by atoms with Crippen LogP contribution in [0.25, 0.3) is 11.4 Å². The molecule has 0 atom stereocenters. The van der Waals surface area contributed by atoms with Crippen LogP contribution < -0.4 is 0 Å². The maximum Gasteiger partial charge on any atom is 0.226 e. The van der Waals surface area contributed by atoms with Crippen molar-refractivity contribution >= 4 is 0 Å². The molecule has 1 aromatic carbocycles. The van der Waals surface area contributed by atoms with E-state index in [-0.39, 0.29) is 0 Å². The van der Waals surface area contributed by atoms with Crippen LogP contribution in [0, 0.1) is 0 Å². The molecule has 1 aromatic heterocycles. The fourth-order valence-electron chi connectivity index (χ4n) is 1.77. The molecule has 0 aliphatic heterocycles. The van der Waals surface area contributed by atoms with Crippen molar-refractivity contribution in [3.8, 4) is 11.4 Å². The van der Waals surface area contributed by atoms with Gasteiger partial charge in [-0.2, -0.15) is 4.98 Å². The van der Waals surface area contributed by atoms with Crippen molar-refractivity contribution in [3.63, 3.8) is 0 Å². The molecule has 0 fully saturated rings. The molecule has 0 amide bonds. The molecular formula is C14H19N3O. The van der Waals surface area contributed by atoms with Crippen LogP contribution in [0.1, 0.15) is 18.7 Å². The Morgan fingerprint density at radius 2 is 1.89 bits per heavy atom. The first-order chi connectivity index (χ1) is 8.75. The van der Waals surface area contributed by atoms with E-state index in [2.05, 4.69) is 29.1 Å². The second-order valence-corrected chi connectivity index (χ2v) is 4.64. The topological polar surface area (TPSA) is 42.2 Å². The largest absolute Gasteiger partial charge is 0.339 e. The minimum absolute atomic E-state index is 0.679. The third-order valence-electron chi connectivity index (χ3n) is 2.75. The summed E-state index contributed by atoms with van der Waals surface area (Å²) in [7, 11) is 4.17. The lowest BCUT2D eigenvalue weighted by molar-refractivity contribution is 0.361. The first kappa shape index (κ1) is 12.8. The van der Waals surface area contributed by atoms with Crippen LogP contribution in [0.4, 0.5) is 0 Å². The lowest BCUT2D eigenvalue weighted by Gasteiger charge is -2.07. The molecule has 0 radical (unpaired) electrons. The van der Waals surface area contributed by atoms with Crippen molar-refractivity contribution in [2.45, 2.75) is 19.3 Å². The van der Waals surface area contributed by atoms with Crippen molar-refractivity contribution in [1.82, 2.24) is 15.0 Å². The summed E-state index contributed by atoms with van der Waals surface area (Å²) in [6.07, 6.45) is 3.08. The van der Waals surface area contributed by atoms with E-state index in [0.717, 1.165) is 37.3 Å². The standard InChI is InChI=1S/C14H19N3O/c1-17(2)11-7-6-10-13-15-14(16-18-13)12-8-4-3-5-9-12/h3-5,8-9H,6-7,10-11H2,1-2H3. The number of aromatic nitrogens is 2. The van der Waals surface area contributed by atoms with Gasteiger partial charge in [-0.1, -0.05) is 35.5 Å². The van der Waals surface area contributed by atoms with Crippen LogP contribution in [0.3, 0.4) is 0 Å². The Morgan fingerprint density at radius 3 is 2.61 bits per heavy atom. The Hall–Kier alpha value is -1.68. The van der Waals surface area contributed by atoms with Gasteiger partial charge in [0.1, 0.15) is 0 Å². The van der Waals surface area contributed by atoms with E-state index in [1.807, 2.05) is 30.3 Å². The van der Waals surface area contributed by atoms with Crippen LogP contribution in [-0.2, 0) is 6.42 Å². The summed E-state index contributed by atoms with van der Waals surface area (Å²) in [4.78, 5) is 6.59. The molecule has 96 valence electrons. The molecule has 0 unspecified atom stereocenters. The van der Waals surface area contributed by atoms with E-state index < -0.39 is 0 Å². The second kappa shape index (κ2) is 6.31. The number of aryl methyl sites for hydroxylation is 1. The molecular weight excluding hydrogens is 226 g/mol. The van der Waals surface area contributed by atoms with Crippen molar-refractivity contribution in [1.29, 1.82) is 0 Å². The number of benzene rings is 1. The van der Waals surface area contributed by atoms with Gasteiger partial charge in [-0.25, -0.2) is 0 Å². The maximum atomic E-state index is 5.25. The fraction of sp³-hybridized carbons (Fsp3) is 0.429. The molecule has 0 aliphatic rings. The number of rotatable bonds is 6. The quantitative estimate of drug-likeness (QED) is 0.734. The monoisotopic (exact) mass is 245 g/mol. The summed E-state index contributed by atoms with van der Waals surface area (Å²) in [6.45, 7) is 1.10. The van der Waals surface area contributed by atoms with Gasteiger partial charge in [0.15, 0.2) is 0 Å². The summed E-state index contributed by atoms with van der Waals surface area (Å²) >= 11 is 0. The van der Waals surface area contributed by atoms with Crippen molar-refractivity contribution in [2.75, 3.05) is 20.6 Å².